The number of fused-ring (bicyclic) bond motifs is 1. The van der Waals surface area contributed by atoms with Gasteiger partial charge in [0.2, 0.25) is 0 Å². The molecule has 1 aromatic carbocycles. The van der Waals surface area contributed by atoms with E-state index in [0.717, 1.165) is 92.3 Å². The van der Waals surface area contributed by atoms with Crippen LogP contribution in [0.15, 0.2) is 30.5 Å². The fourth-order valence-electron chi connectivity index (χ4n) is 5.60. The molecule has 3 aliphatic rings. The third-order valence-electron chi connectivity index (χ3n) is 8.24. The van der Waals surface area contributed by atoms with Crippen LogP contribution < -0.4 is 16.0 Å². The van der Waals surface area contributed by atoms with E-state index >= 15 is 0 Å². The van der Waals surface area contributed by atoms with Gasteiger partial charge in [-0.25, -0.2) is 4.98 Å². The molecule has 9 heteroatoms. The molecule has 3 fully saturated rings. The minimum absolute atomic E-state index is 0.0108. The molecule has 1 saturated heterocycles. The van der Waals surface area contributed by atoms with Crippen molar-refractivity contribution in [1.29, 1.82) is 0 Å². The van der Waals surface area contributed by atoms with Crippen LogP contribution in [0.5, 0.6) is 0 Å². The normalized spacial score (nSPS) is 19.2. The smallest absolute Gasteiger partial charge is 0.251 e. The molecule has 6 rings (SSSR count). The van der Waals surface area contributed by atoms with Crippen LogP contribution in [-0.2, 0) is 4.74 Å². The maximum atomic E-state index is 12.7. The average Bonchev–Trinajstić information content (AvgIpc) is 3.84. The predicted octanol–water partition coefficient (Wildman–Crippen LogP) is 4.40. The Kier molecular flexibility index (Phi) is 6.97. The first-order valence-electron chi connectivity index (χ1n) is 14.4. The van der Waals surface area contributed by atoms with E-state index in [9.17, 15) is 9.90 Å². The number of hydrogen-bond acceptors (Lipinski definition) is 7. The molecule has 9 nitrogen and oxygen atoms in total. The van der Waals surface area contributed by atoms with Crippen molar-refractivity contribution in [2.24, 2.45) is 11.8 Å². The number of aryl methyl sites for hydroxylation is 1. The van der Waals surface area contributed by atoms with E-state index in [1.807, 2.05) is 55.7 Å². The summed E-state index contributed by atoms with van der Waals surface area (Å²) in [5, 5.41) is 25.9. The number of aliphatic hydroxyl groups is 1. The van der Waals surface area contributed by atoms with Crippen LogP contribution in [0.3, 0.4) is 0 Å². The molecule has 1 aliphatic heterocycles. The Hall–Kier alpha value is -3.17. The van der Waals surface area contributed by atoms with E-state index in [4.69, 9.17) is 14.8 Å². The van der Waals surface area contributed by atoms with Gasteiger partial charge in [-0.05, 0) is 88.3 Å². The molecule has 1 unspecified atom stereocenters. The number of ether oxygens (including phenoxy) is 1. The van der Waals surface area contributed by atoms with Crippen molar-refractivity contribution >= 4 is 23.2 Å². The zero-order valence-corrected chi connectivity index (χ0v) is 23.2. The Bertz CT molecular complexity index is 1350. The lowest BCUT2D eigenvalue weighted by molar-refractivity contribution is 0.0519. The van der Waals surface area contributed by atoms with Gasteiger partial charge in [0, 0.05) is 43.0 Å². The fraction of sp³-hybridized carbons (Fsp3) is 0.567. The van der Waals surface area contributed by atoms with Gasteiger partial charge < -0.3 is 25.8 Å². The Balaban J connectivity index is 1.34. The zero-order chi connectivity index (χ0) is 27.1. The highest BCUT2D eigenvalue weighted by atomic mass is 16.5. The number of carbonyl (C=O) groups is 1. The van der Waals surface area contributed by atoms with Crippen LogP contribution in [0, 0.1) is 18.8 Å². The summed E-state index contributed by atoms with van der Waals surface area (Å²) >= 11 is 0. The van der Waals surface area contributed by atoms with Crippen molar-refractivity contribution in [1.82, 2.24) is 19.9 Å². The summed E-state index contributed by atoms with van der Waals surface area (Å²) in [5.41, 5.74) is 3.35. The first-order valence-corrected chi connectivity index (χ1v) is 14.4. The predicted molar refractivity (Wildman–Crippen MR) is 152 cm³/mol. The minimum Gasteiger partial charge on any atom is -0.388 e. The van der Waals surface area contributed by atoms with E-state index in [1.165, 1.54) is 0 Å². The van der Waals surface area contributed by atoms with Crippen molar-refractivity contribution in [2.75, 3.05) is 30.4 Å². The number of benzene rings is 1. The van der Waals surface area contributed by atoms with E-state index < -0.39 is 5.60 Å². The van der Waals surface area contributed by atoms with Crippen molar-refractivity contribution in [3.63, 3.8) is 0 Å². The first kappa shape index (κ1) is 26.1. The van der Waals surface area contributed by atoms with Crippen LogP contribution in [0.1, 0.15) is 68.3 Å². The van der Waals surface area contributed by atoms with Gasteiger partial charge >= 0.3 is 0 Å². The Morgan fingerprint density at radius 3 is 2.59 bits per heavy atom. The van der Waals surface area contributed by atoms with Crippen LogP contribution in [-0.4, -0.2) is 63.1 Å². The Labute approximate surface area is 229 Å². The highest BCUT2D eigenvalue weighted by Crippen LogP contribution is 2.39. The highest BCUT2D eigenvalue weighted by Gasteiger charge is 2.40. The third-order valence-corrected chi connectivity index (χ3v) is 8.24. The summed E-state index contributed by atoms with van der Waals surface area (Å²) in [6.45, 7) is 8.14. The van der Waals surface area contributed by atoms with Crippen LogP contribution >= 0.6 is 0 Å². The number of nitrogens with zero attached hydrogens (tertiary/aromatic N) is 3. The Morgan fingerprint density at radius 2 is 1.92 bits per heavy atom. The number of aromatic nitrogens is 3. The SMILES string of the molecule is Cc1cc(-c2cnn3c(NCC4CCOCC4)cc(NC(C4CC4)C(C)(C)O)nc23)ccc1C(=O)NC1CC1. The second kappa shape index (κ2) is 10.4. The second-order valence-electron chi connectivity index (χ2n) is 12.1. The zero-order valence-electron chi connectivity index (χ0n) is 23.2. The number of amides is 1. The molecule has 0 radical (unpaired) electrons. The fourth-order valence-corrected chi connectivity index (χ4v) is 5.60. The lowest BCUT2D eigenvalue weighted by atomic mass is 9.94. The summed E-state index contributed by atoms with van der Waals surface area (Å²) < 4.78 is 7.40. The quantitative estimate of drug-likeness (QED) is 0.306. The first-order chi connectivity index (χ1) is 18.8. The minimum atomic E-state index is -0.873. The number of hydrogen-bond donors (Lipinski definition) is 4. The molecular formula is C30H40N6O3. The maximum absolute atomic E-state index is 12.7. The molecule has 0 spiro atoms. The largest absolute Gasteiger partial charge is 0.388 e. The molecule has 4 N–H and O–H groups in total. The van der Waals surface area contributed by atoms with Crippen LogP contribution in [0.25, 0.3) is 16.8 Å². The van der Waals surface area contributed by atoms with Gasteiger partial charge in [0.05, 0.1) is 17.8 Å². The topological polar surface area (TPSA) is 113 Å². The molecule has 2 aliphatic carbocycles. The van der Waals surface area contributed by atoms with Gasteiger partial charge in [-0.1, -0.05) is 12.1 Å². The van der Waals surface area contributed by atoms with Gasteiger partial charge in [-0.15, -0.1) is 0 Å². The summed E-state index contributed by atoms with van der Waals surface area (Å²) in [6.07, 6.45) is 8.27. The highest BCUT2D eigenvalue weighted by molar-refractivity contribution is 5.97. The number of rotatable bonds is 10. The van der Waals surface area contributed by atoms with Crippen LogP contribution in [0.2, 0.25) is 0 Å². The van der Waals surface area contributed by atoms with Crippen molar-refractivity contribution < 1.29 is 14.6 Å². The monoisotopic (exact) mass is 532 g/mol. The molecule has 2 saturated carbocycles. The average molecular weight is 533 g/mol. The molecule has 39 heavy (non-hydrogen) atoms. The third kappa shape index (κ3) is 5.89. The standard InChI is InChI=1S/C30H40N6O3/c1-18-14-21(6-9-23(18)29(37)33-22-7-8-22)24-17-32-36-26(31-16-19-10-12-39-13-11-19)15-25(35-28(24)36)34-27(20-4-5-20)30(2,3)38/h6,9,14-15,17,19-20,22,27,31,38H,4-5,7-8,10-13,16H2,1-3H3,(H,33,37)(H,34,35). The maximum Gasteiger partial charge on any atom is 0.251 e. The lowest BCUT2D eigenvalue weighted by Crippen LogP contribution is -2.43. The van der Waals surface area contributed by atoms with Crippen molar-refractivity contribution in [2.45, 2.75) is 77.0 Å². The van der Waals surface area contributed by atoms with Gasteiger partial charge in [0.1, 0.15) is 11.6 Å². The Morgan fingerprint density at radius 1 is 1.15 bits per heavy atom. The van der Waals surface area contributed by atoms with E-state index in [-0.39, 0.29) is 11.9 Å². The molecule has 2 aromatic heterocycles. The molecule has 1 atom stereocenters. The van der Waals surface area contributed by atoms with Crippen molar-refractivity contribution in [3.8, 4) is 11.1 Å². The van der Waals surface area contributed by atoms with Crippen LogP contribution in [0.4, 0.5) is 11.6 Å². The molecule has 0 bridgehead atoms. The number of nitrogens with one attached hydrogen (secondary N) is 3. The molecular weight excluding hydrogens is 492 g/mol. The molecule has 1 amide bonds. The summed E-state index contributed by atoms with van der Waals surface area (Å²) in [5.74, 6) is 2.55. The molecule has 3 aromatic rings. The lowest BCUT2D eigenvalue weighted by Gasteiger charge is -2.31. The number of carbonyl (C=O) groups excluding carboxylic acids is 1. The van der Waals surface area contributed by atoms with E-state index in [2.05, 4.69) is 16.0 Å². The summed E-state index contributed by atoms with van der Waals surface area (Å²) in [7, 11) is 0. The van der Waals surface area contributed by atoms with Gasteiger partial charge in [0.15, 0.2) is 5.65 Å². The van der Waals surface area contributed by atoms with Gasteiger partial charge in [-0.3, -0.25) is 4.79 Å². The number of anilines is 2. The van der Waals surface area contributed by atoms with Gasteiger partial charge in [0.25, 0.3) is 5.91 Å². The molecule has 3 heterocycles. The summed E-state index contributed by atoms with van der Waals surface area (Å²) in [6, 6.07) is 8.15. The van der Waals surface area contributed by atoms with Crippen molar-refractivity contribution in [3.05, 3.63) is 41.6 Å². The van der Waals surface area contributed by atoms with Gasteiger partial charge in [-0.2, -0.15) is 9.61 Å². The van der Waals surface area contributed by atoms with E-state index in [1.54, 1.807) is 0 Å². The summed E-state index contributed by atoms with van der Waals surface area (Å²) in [4.78, 5) is 17.7. The van der Waals surface area contributed by atoms with E-state index in [0.29, 0.717) is 23.4 Å². The second-order valence-corrected chi connectivity index (χ2v) is 12.1. The molecule has 208 valence electrons.